The molecule has 0 rings (SSSR count). The zero-order valence-corrected chi connectivity index (χ0v) is 50.2. The van der Waals surface area contributed by atoms with Gasteiger partial charge in [-0.05, 0) is 44.9 Å². The van der Waals surface area contributed by atoms with Gasteiger partial charge in [0, 0.05) is 6.42 Å². The topological polar surface area (TPSA) is 69.6 Å². The van der Waals surface area contributed by atoms with Crippen molar-refractivity contribution < 1.29 is 15.0 Å². The number of carbonyl (C=O) groups excluding carboxylic acids is 1. The molecule has 0 aliphatic carbocycles. The van der Waals surface area contributed by atoms with Gasteiger partial charge in [0.2, 0.25) is 5.91 Å². The molecule has 0 saturated carbocycles. The molecular weight excluding hydrogens is 891 g/mol. The van der Waals surface area contributed by atoms with Gasteiger partial charge in [-0.1, -0.05) is 366 Å². The molecule has 73 heavy (non-hydrogen) atoms. The van der Waals surface area contributed by atoms with Gasteiger partial charge in [-0.2, -0.15) is 0 Å². The second-order valence-electron chi connectivity index (χ2n) is 23.6. The lowest BCUT2D eigenvalue weighted by molar-refractivity contribution is -0.123. The molecule has 0 radical (unpaired) electrons. The van der Waals surface area contributed by atoms with Crippen LogP contribution in [-0.4, -0.2) is 34.9 Å². The van der Waals surface area contributed by atoms with Crippen molar-refractivity contribution in [3.05, 3.63) is 24.3 Å². The molecule has 3 N–H and O–H groups in total. The largest absolute Gasteiger partial charge is 0.394 e. The highest BCUT2D eigenvalue weighted by Crippen LogP contribution is 2.19. The van der Waals surface area contributed by atoms with Crippen LogP contribution in [0.25, 0.3) is 0 Å². The Morgan fingerprint density at radius 1 is 0.315 bits per heavy atom. The van der Waals surface area contributed by atoms with E-state index in [0.29, 0.717) is 6.42 Å². The molecule has 0 aliphatic heterocycles. The first-order valence-electron chi connectivity index (χ1n) is 34.1. The predicted octanol–water partition coefficient (Wildman–Crippen LogP) is 23.0. The molecule has 0 bridgehead atoms. The van der Waals surface area contributed by atoms with E-state index in [2.05, 4.69) is 31.3 Å². The highest BCUT2D eigenvalue weighted by Gasteiger charge is 2.18. The normalized spacial score (nSPS) is 12.8. The van der Waals surface area contributed by atoms with E-state index in [1.54, 1.807) is 6.08 Å². The summed E-state index contributed by atoms with van der Waals surface area (Å²) in [4.78, 5) is 12.5. The Morgan fingerprint density at radius 3 is 0.753 bits per heavy atom. The quantitative estimate of drug-likeness (QED) is 0.0420. The number of unbranched alkanes of at least 4 members (excludes halogenated alkanes) is 55. The van der Waals surface area contributed by atoms with Crippen LogP contribution in [0.1, 0.15) is 393 Å². The molecule has 0 spiro atoms. The van der Waals surface area contributed by atoms with Crippen LogP contribution in [0.3, 0.4) is 0 Å². The smallest absolute Gasteiger partial charge is 0.220 e. The fraction of sp³-hybridized carbons (Fsp3) is 0.928. The summed E-state index contributed by atoms with van der Waals surface area (Å²) in [6, 6.07) is -0.621. The van der Waals surface area contributed by atoms with Gasteiger partial charge in [-0.25, -0.2) is 0 Å². The van der Waals surface area contributed by atoms with E-state index in [1.807, 2.05) is 6.08 Å². The first-order chi connectivity index (χ1) is 36.2. The molecule has 0 heterocycles. The lowest BCUT2D eigenvalue weighted by atomic mass is 10.0. The summed E-state index contributed by atoms with van der Waals surface area (Å²) in [7, 11) is 0. The van der Waals surface area contributed by atoms with Crippen LogP contribution < -0.4 is 5.32 Å². The first-order valence-corrected chi connectivity index (χ1v) is 34.1. The summed E-state index contributed by atoms with van der Waals surface area (Å²) in [6.07, 6.45) is 88.4. The number of hydrogen-bond donors (Lipinski definition) is 3. The fourth-order valence-electron chi connectivity index (χ4n) is 11.0. The highest BCUT2D eigenvalue weighted by molar-refractivity contribution is 5.76. The molecule has 1 amide bonds. The number of amides is 1. The summed E-state index contributed by atoms with van der Waals surface area (Å²) in [5, 5.41) is 23.3. The minimum absolute atomic E-state index is 0.0555. The second-order valence-corrected chi connectivity index (χ2v) is 23.6. The maximum atomic E-state index is 12.5. The van der Waals surface area contributed by atoms with E-state index < -0.39 is 12.1 Å². The molecule has 0 saturated heterocycles. The number of allylic oxidation sites excluding steroid dienone is 3. The van der Waals surface area contributed by atoms with E-state index in [4.69, 9.17) is 0 Å². The number of hydrogen-bond acceptors (Lipinski definition) is 3. The number of aliphatic hydroxyl groups excluding tert-OH is 2. The molecule has 0 aliphatic rings. The molecule has 0 aromatic rings. The van der Waals surface area contributed by atoms with Gasteiger partial charge in [0.15, 0.2) is 0 Å². The minimum atomic E-state index is -0.838. The summed E-state index contributed by atoms with van der Waals surface area (Å²) >= 11 is 0. The Bertz CT molecular complexity index is 1070. The third kappa shape index (κ3) is 61.6. The van der Waals surface area contributed by atoms with Crippen molar-refractivity contribution in [2.45, 2.75) is 405 Å². The summed E-state index contributed by atoms with van der Waals surface area (Å²) in [5.74, 6) is -0.0555. The lowest BCUT2D eigenvalue weighted by Crippen LogP contribution is -2.45. The average molecular weight is 1030 g/mol. The zero-order chi connectivity index (χ0) is 52.7. The van der Waals surface area contributed by atoms with Crippen LogP contribution in [-0.2, 0) is 4.79 Å². The van der Waals surface area contributed by atoms with E-state index in [-0.39, 0.29) is 12.5 Å². The van der Waals surface area contributed by atoms with Crippen molar-refractivity contribution in [3.63, 3.8) is 0 Å². The minimum Gasteiger partial charge on any atom is -0.394 e. The van der Waals surface area contributed by atoms with Crippen LogP contribution in [0.15, 0.2) is 24.3 Å². The SMILES string of the molecule is CCCCCCCCCCCCCCCCCC/C=C\CCCCCCCCCCCCCCCCCCCC(=O)NC(CO)C(O)/C=C/CCCCCCCCCCCCCCCCCCCCCCCC. The third-order valence-corrected chi connectivity index (χ3v) is 16.2. The van der Waals surface area contributed by atoms with E-state index >= 15 is 0 Å². The van der Waals surface area contributed by atoms with Gasteiger partial charge in [-0.15, -0.1) is 0 Å². The maximum absolute atomic E-state index is 12.5. The fourth-order valence-corrected chi connectivity index (χ4v) is 11.0. The Morgan fingerprint density at radius 2 is 0.521 bits per heavy atom. The Labute approximate surface area is 459 Å². The van der Waals surface area contributed by atoms with Crippen LogP contribution in [0.2, 0.25) is 0 Å². The summed E-state index contributed by atoms with van der Waals surface area (Å²) in [6.45, 7) is 4.36. The van der Waals surface area contributed by atoms with Crippen molar-refractivity contribution in [2.24, 2.45) is 0 Å². The van der Waals surface area contributed by atoms with Crippen molar-refractivity contribution in [3.8, 4) is 0 Å². The molecule has 0 aromatic carbocycles. The highest BCUT2D eigenvalue weighted by atomic mass is 16.3. The van der Waals surface area contributed by atoms with Crippen LogP contribution >= 0.6 is 0 Å². The maximum Gasteiger partial charge on any atom is 0.220 e. The molecule has 4 nitrogen and oxygen atoms in total. The van der Waals surface area contributed by atoms with Crippen molar-refractivity contribution >= 4 is 5.91 Å². The lowest BCUT2D eigenvalue weighted by Gasteiger charge is -2.20. The molecule has 0 fully saturated rings. The van der Waals surface area contributed by atoms with Crippen LogP contribution in [0, 0.1) is 0 Å². The predicted molar refractivity (Wildman–Crippen MR) is 327 cm³/mol. The molecule has 2 atom stereocenters. The van der Waals surface area contributed by atoms with E-state index in [0.717, 1.165) is 25.7 Å². The van der Waals surface area contributed by atoms with Crippen molar-refractivity contribution in [2.75, 3.05) is 6.61 Å². The Kier molecular flexibility index (Phi) is 64.1. The monoisotopic (exact) mass is 1030 g/mol. The zero-order valence-electron chi connectivity index (χ0n) is 50.2. The summed E-state index contributed by atoms with van der Waals surface area (Å²) < 4.78 is 0. The van der Waals surface area contributed by atoms with E-state index in [9.17, 15) is 15.0 Å². The summed E-state index contributed by atoms with van der Waals surface area (Å²) in [5.41, 5.74) is 0. The third-order valence-electron chi connectivity index (χ3n) is 16.2. The van der Waals surface area contributed by atoms with Crippen LogP contribution in [0.5, 0.6) is 0 Å². The number of nitrogens with one attached hydrogen (secondary N) is 1. The van der Waals surface area contributed by atoms with Crippen molar-refractivity contribution in [1.29, 1.82) is 0 Å². The average Bonchev–Trinajstić information content (AvgIpc) is 3.40. The number of rotatable bonds is 64. The number of aliphatic hydroxyl groups is 2. The molecule has 434 valence electrons. The van der Waals surface area contributed by atoms with Gasteiger partial charge >= 0.3 is 0 Å². The first kappa shape index (κ1) is 71.9. The standard InChI is InChI=1S/C69H135NO3/c1-3-5-7-9-11-13-15-17-19-21-23-25-27-29-30-31-32-33-34-35-36-37-38-39-40-41-43-45-47-49-51-53-55-57-59-61-63-65-69(73)70-67(66-71)68(72)64-62-60-58-56-54-52-50-48-46-44-42-28-26-24-22-20-18-16-14-12-10-8-6-4-2/h33-34,62,64,67-68,71-72H,3-32,35-61,63,65-66H2,1-2H3,(H,70,73)/b34-33-,64-62+. The van der Waals surface area contributed by atoms with Gasteiger partial charge in [-0.3, -0.25) is 4.79 Å². The Balaban J connectivity index is 3.40. The molecule has 0 aromatic heterocycles. The van der Waals surface area contributed by atoms with Crippen molar-refractivity contribution in [1.82, 2.24) is 5.32 Å². The van der Waals surface area contributed by atoms with Gasteiger partial charge in [0.1, 0.15) is 0 Å². The Hall–Kier alpha value is -1.13. The second kappa shape index (κ2) is 65.2. The number of carbonyl (C=O) groups is 1. The molecular formula is C69H135NO3. The molecule has 2 unspecified atom stereocenters. The van der Waals surface area contributed by atoms with Crippen LogP contribution in [0.4, 0.5) is 0 Å². The molecule has 4 heteroatoms. The van der Waals surface area contributed by atoms with Gasteiger partial charge in [0.05, 0.1) is 18.8 Å². The van der Waals surface area contributed by atoms with E-state index in [1.165, 1.54) is 347 Å². The van der Waals surface area contributed by atoms with Gasteiger partial charge < -0.3 is 15.5 Å². The van der Waals surface area contributed by atoms with Gasteiger partial charge in [0.25, 0.3) is 0 Å².